The van der Waals surface area contributed by atoms with Crippen molar-refractivity contribution in [2.45, 2.75) is 51.2 Å². The van der Waals surface area contributed by atoms with Crippen molar-refractivity contribution in [3.05, 3.63) is 22.4 Å². The topological polar surface area (TPSA) is 35.2 Å². The monoisotopic (exact) mass is 253 g/mol. The Morgan fingerprint density at radius 3 is 2.82 bits per heavy atom. The van der Waals surface area contributed by atoms with Gasteiger partial charge < -0.3 is 10.5 Å². The van der Waals surface area contributed by atoms with Gasteiger partial charge in [-0.2, -0.15) is 11.3 Å². The second kappa shape index (κ2) is 6.53. The Balaban J connectivity index is 1.91. The number of hydrogen-bond donors (Lipinski definition) is 1. The van der Waals surface area contributed by atoms with E-state index < -0.39 is 0 Å². The second-order valence-corrected chi connectivity index (χ2v) is 5.81. The molecule has 1 aromatic heterocycles. The van der Waals surface area contributed by atoms with E-state index in [1.54, 1.807) is 11.3 Å². The van der Waals surface area contributed by atoms with Crippen molar-refractivity contribution in [1.29, 1.82) is 0 Å². The molecule has 0 amide bonds. The summed E-state index contributed by atoms with van der Waals surface area (Å²) >= 11 is 1.72. The fourth-order valence-corrected chi connectivity index (χ4v) is 3.22. The summed E-state index contributed by atoms with van der Waals surface area (Å²) in [7, 11) is 0. The molecule has 1 fully saturated rings. The van der Waals surface area contributed by atoms with Crippen molar-refractivity contribution >= 4 is 11.3 Å². The van der Waals surface area contributed by atoms with Gasteiger partial charge in [0.2, 0.25) is 0 Å². The van der Waals surface area contributed by atoms with Gasteiger partial charge in [0.05, 0.1) is 12.7 Å². The lowest BCUT2D eigenvalue weighted by Crippen LogP contribution is -2.30. The van der Waals surface area contributed by atoms with Crippen molar-refractivity contribution in [2.75, 3.05) is 6.61 Å². The Hall–Kier alpha value is -0.380. The van der Waals surface area contributed by atoms with Crippen LogP contribution in [-0.4, -0.2) is 12.6 Å². The first-order valence-electron chi connectivity index (χ1n) is 6.70. The van der Waals surface area contributed by atoms with Crippen LogP contribution < -0.4 is 5.73 Å². The molecule has 1 heterocycles. The van der Waals surface area contributed by atoms with Crippen molar-refractivity contribution in [3.8, 4) is 0 Å². The van der Waals surface area contributed by atoms with E-state index in [0.717, 1.165) is 18.9 Å². The average molecular weight is 253 g/mol. The SMILES string of the molecule is CCC(N)C(OCC1CCCC1)c1ccsc1. The van der Waals surface area contributed by atoms with E-state index in [1.807, 2.05) is 0 Å². The van der Waals surface area contributed by atoms with Crippen LogP contribution in [0.1, 0.15) is 50.7 Å². The molecule has 0 spiro atoms. The number of ether oxygens (including phenoxy) is 1. The third kappa shape index (κ3) is 3.54. The van der Waals surface area contributed by atoms with Gasteiger partial charge in [-0.05, 0) is 47.6 Å². The van der Waals surface area contributed by atoms with Crippen molar-refractivity contribution < 1.29 is 4.74 Å². The molecule has 1 aromatic rings. The maximum atomic E-state index is 6.17. The highest BCUT2D eigenvalue weighted by Gasteiger charge is 2.22. The van der Waals surface area contributed by atoms with Crippen LogP contribution in [0.3, 0.4) is 0 Å². The van der Waals surface area contributed by atoms with Gasteiger partial charge in [-0.1, -0.05) is 19.8 Å². The van der Waals surface area contributed by atoms with E-state index in [1.165, 1.54) is 31.2 Å². The zero-order chi connectivity index (χ0) is 12.1. The Labute approximate surface area is 108 Å². The fourth-order valence-electron chi connectivity index (χ4n) is 2.53. The maximum Gasteiger partial charge on any atom is 0.0983 e. The maximum absolute atomic E-state index is 6.17. The molecule has 0 aliphatic heterocycles. The van der Waals surface area contributed by atoms with Gasteiger partial charge in [-0.25, -0.2) is 0 Å². The number of nitrogens with two attached hydrogens (primary N) is 1. The molecule has 2 unspecified atom stereocenters. The lowest BCUT2D eigenvalue weighted by atomic mass is 10.0. The highest BCUT2D eigenvalue weighted by Crippen LogP contribution is 2.29. The smallest absolute Gasteiger partial charge is 0.0983 e. The summed E-state index contributed by atoms with van der Waals surface area (Å²) < 4.78 is 6.10. The minimum Gasteiger partial charge on any atom is -0.372 e. The van der Waals surface area contributed by atoms with Gasteiger partial charge in [0, 0.05) is 6.04 Å². The molecule has 2 nitrogen and oxygen atoms in total. The fraction of sp³-hybridized carbons (Fsp3) is 0.714. The first-order chi connectivity index (χ1) is 8.31. The van der Waals surface area contributed by atoms with Crippen LogP contribution in [0.4, 0.5) is 0 Å². The van der Waals surface area contributed by atoms with E-state index >= 15 is 0 Å². The van der Waals surface area contributed by atoms with Crippen LogP contribution >= 0.6 is 11.3 Å². The van der Waals surface area contributed by atoms with Crippen molar-refractivity contribution in [2.24, 2.45) is 11.7 Å². The van der Waals surface area contributed by atoms with Gasteiger partial charge in [-0.3, -0.25) is 0 Å². The number of rotatable bonds is 6. The molecule has 2 rings (SSSR count). The Bertz CT molecular complexity index is 306. The van der Waals surface area contributed by atoms with Crippen LogP contribution in [0.15, 0.2) is 16.8 Å². The summed E-state index contributed by atoms with van der Waals surface area (Å²) in [6, 6.07) is 2.26. The molecule has 3 heteroatoms. The molecule has 2 atom stereocenters. The Morgan fingerprint density at radius 2 is 2.24 bits per heavy atom. The zero-order valence-corrected chi connectivity index (χ0v) is 11.4. The van der Waals surface area contributed by atoms with Crippen LogP contribution in [-0.2, 0) is 4.74 Å². The number of thiophene rings is 1. The van der Waals surface area contributed by atoms with E-state index in [4.69, 9.17) is 10.5 Å². The lowest BCUT2D eigenvalue weighted by Gasteiger charge is -2.24. The minimum atomic E-state index is 0.0897. The molecule has 0 saturated heterocycles. The molecule has 1 saturated carbocycles. The van der Waals surface area contributed by atoms with Crippen molar-refractivity contribution in [1.82, 2.24) is 0 Å². The molecular formula is C14H23NOS. The minimum absolute atomic E-state index is 0.0897. The van der Waals surface area contributed by atoms with E-state index in [9.17, 15) is 0 Å². The first-order valence-corrected chi connectivity index (χ1v) is 7.64. The highest BCUT2D eigenvalue weighted by atomic mass is 32.1. The normalized spacial score (nSPS) is 20.6. The zero-order valence-electron chi connectivity index (χ0n) is 10.6. The van der Waals surface area contributed by atoms with E-state index in [2.05, 4.69) is 23.8 Å². The third-order valence-electron chi connectivity index (χ3n) is 3.72. The van der Waals surface area contributed by atoms with Gasteiger partial charge in [0.1, 0.15) is 0 Å². The molecule has 0 bridgehead atoms. The predicted molar refractivity (Wildman–Crippen MR) is 73.2 cm³/mol. The molecule has 1 aliphatic carbocycles. The molecule has 96 valence electrons. The second-order valence-electron chi connectivity index (χ2n) is 5.03. The van der Waals surface area contributed by atoms with Crippen LogP contribution in [0.5, 0.6) is 0 Å². The lowest BCUT2D eigenvalue weighted by molar-refractivity contribution is 0.0129. The average Bonchev–Trinajstić information content (AvgIpc) is 3.01. The molecule has 0 aromatic carbocycles. The summed E-state index contributed by atoms with van der Waals surface area (Å²) in [5, 5.41) is 4.26. The molecular weight excluding hydrogens is 230 g/mol. The van der Waals surface area contributed by atoms with Gasteiger partial charge in [-0.15, -0.1) is 0 Å². The van der Waals surface area contributed by atoms with Crippen LogP contribution in [0, 0.1) is 5.92 Å². The summed E-state index contributed by atoms with van der Waals surface area (Å²) in [4.78, 5) is 0. The Kier molecular flexibility index (Phi) is 5.01. The van der Waals surface area contributed by atoms with Crippen LogP contribution in [0.25, 0.3) is 0 Å². The van der Waals surface area contributed by atoms with Gasteiger partial charge in [0.25, 0.3) is 0 Å². The summed E-state index contributed by atoms with van der Waals surface area (Å²) in [6.45, 7) is 3.01. The first kappa shape index (κ1) is 13.1. The van der Waals surface area contributed by atoms with Crippen molar-refractivity contribution in [3.63, 3.8) is 0 Å². The van der Waals surface area contributed by atoms with Crippen LogP contribution in [0.2, 0.25) is 0 Å². The van der Waals surface area contributed by atoms with Gasteiger partial charge in [0.15, 0.2) is 0 Å². The molecule has 1 aliphatic rings. The number of hydrogen-bond acceptors (Lipinski definition) is 3. The highest BCUT2D eigenvalue weighted by molar-refractivity contribution is 7.07. The summed E-state index contributed by atoms with van der Waals surface area (Å²) in [6.07, 6.45) is 6.46. The third-order valence-corrected chi connectivity index (χ3v) is 4.42. The Morgan fingerprint density at radius 1 is 1.47 bits per heavy atom. The molecule has 2 N–H and O–H groups in total. The summed E-state index contributed by atoms with van der Waals surface area (Å²) in [5.41, 5.74) is 7.42. The predicted octanol–water partition coefficient (Wildman–Crippen LogP) is 3.73. The van der Waals surface area contributed by atoms with Gasteiger partial charge >= 0.3 is 0 Å². The van der Waals surface area contributed by atoms with E-state index in [-0.39, 0.29) is 12.1 Å². The summed E-state index contributed by atoms with van der Waals surface area (Å²) in [5.74, 6) is 0.764. The standard InChI is InChI=1S/C14H23NOS/c1-2-13(15)14(12-7-8-17-10-12)16-9-11-5-3-4-6-11/h7-8,10-11,13-14H,2-6,9,15H2,1H3. The molecule has 0 radical (unpaired) electrons. The largest absolute Gasteiger partial charge is 0.372 e. The molecule has 17 heavy (non-hydrogen) atoms. The van der Waals surface area contributed by atoms with E-state index in [0.29, 0.717) is 0 Å². The quantitative estimate of drug-likeness (QED) is 0.838.